The van der Waals surface area contributed by atoms with Crippen LogP contribution in [0.1, 0.15) is 31.9 Å². The van der Waals surface area contributed by atoms with E-state index in [1.165, 1.54) is 35.8 Å². The van der Waals surface area contributed by atoms with Gasteiger partial charge in [-0.25, -0.2) is 0 Å². The maximum absolute atomic E-state index is 3.36. The van der Waals surface area contributed by atoms with Crippen molar-refractivity contribution in [2.75, 3.05) is 18.5 Å². The quantitative estimate of drug-likeness (QED) is 0.454. The predicted molar refractivity (Wildman–Crippen MR) is 108 cm³/mol. The lowest BCUT2D eigenvalue weighted by atomic mass is 10.2. The van der Waals surface area contributed by atoms with Gasteiger partial charge in [0.2, 0.25) is 0 Å². The summed E-state index contributed by atoms with van der Waals surface area (Å²) in [6.45, 7) is 7.09. The molecule has 0 atom stereocenters. The molecule has 0 aliphatic carbocycles. The second-order valence-electron chi connectivity index (χ2n) is 5.55. The average Bonchev–Trinajstić information content (AvgIpc) is 2.62. The number of alkyl halides is 1. The largest absolute Gasteiger partial charge is 1.00 e. The van der Waals surface area contributed by atoms with Gasteiger partial charge in [-0.05, 0) is 31.9 Å². The molecule has 0 unspecified atom stereocenters. The minimum atomic E-state index is -0.661. The maximum Gasteiger partial charge on any atom is 0.0842 e. The molecule has 0 heterocycles. The van der Waals surface area contributed by atoms with Crippen molar-refractivity contribution < 1.29 is 17.0 Å². The molecule has 23 heavy (non-hydrogen) atoms. The smallest absolute Gasteiger partial charge is 0.0842 e. The molecule has 0 N–H and O–H groups in total. The molecule has 0 aromatic heterocycles. The average molecular weight is 460 g/mol. The lowest BCUT2D eigenvalue weighted by molar-refractivity contribution is -0.00000469. The fourth-order valence-electron chi connectivity index (χ4n) is 2.54. The topological polar surface area (TPSA) is 0 Å². The SMILES string of the molecule is BrCc1ccccc1.CC[P+](CC)(CC)Cc1ccccc1.[Br-]. The van der Waals surface area contributed by atoms with Crippen LogP contribution in [0.15, 0.2) is 60.7 Å². The van der Waals surface area contributed by atoms with E-state index in [0.717, 1.165) is 5.33 Å². The van der Waals surface area contributed by atoms with Crippen LogP contribution >= 0.6 is 23.2 Å². The molecule has 0 saturated heterocycles. The molecular formula is C20H29Br2P. The van der Waals surface area contributed by atoms with Crippen molar-refractivity contribution >= 4 is 23.2 Å². The van der Waals surface area contributed by atoms with Crippen molar-refractivity contribution in [2.24, 2.45) is 0 Å². The van der Waals surface area contributed by atoms with Gasteiger partial charge in [0.25, 0.3) is 0 Å². The van der Waals surface area contributed by atoms with Crippen LogP contribution in [0.3, 0.4) is 0 Å². The van der Waals surface area contributed by atoms with E-state index in [1.807, 2.05) is 18.2 Å². The molecule has 2 rings (SSSR count). The predicted octanol–water partition coefficient (Wildman–Crippen LogP) is 3.85. The Bertz CT molecular complexity index is 487. The molecule has 0 nitrogen and oxygen atoms in total. The lowest BCUT2D eigenvalue weighted by Gasteiger charge is -2.23. The Labute approximate surface area is 162 Å². The highest BCUT2D eigenvalue weighted by Crippen LogP contribution is 2.60. The van der Waals surface area contributed by atoms with E-state index in [4.69, 9.17) is 0 Å². The summed E-state index contributed by atoms with van der Waals surface area (Å²) in [5.41, 5.74) is 2.86. The third-order valence-electron chi connectivity index (χ3n) is 4.37. The van der Waals surface area contributed by atoms with Gasteiger partial charge in [0.05, 0.1) is 24.6 Å². The van der Waals surface area contributed by atoms with Crippen molar-refractivity contribution in [2.45, 2.75) is 32.3 Å². The van der Waals surface area contributed by atoms with Crippen LogP contribution in [0.4, 0.5) is 0 Å². The van der Waals surface area contributed by atoms with E-state index in [1.54, 1.807) is 0 Å². The fraction of sp³-hybridized carbons (Fsp3) is 0.400. The van der Waals surface area contributed by atoms with Gasteiger partial charge < -0.3 is 17.0 Å². The van der Waals surface area contributed by atoms with Gasteiger partial charge in [-0.15, -0.1) is 0 Å². The number of rotatable bonds is 6. The van der Waals surface area contributed by atoms with E-state index in [-0.39, 0.29) is 17.0 Å². The van der Waals surface area contributed by atoms with Gasteiger partial charge in [0, 0.05) is 12.6 Å². The summed E-state index contributed by atoms with van der Waals surface area (Å²) in [5, 5.41) is 0.952. The first-order valence-electron chi connectivity index (χ1n) is 8.18. The van der Waals surface area contributed by atoms with Crippen LogP contribution in [0, 0.1) is 0 Å². The van der Waals surface area contributed by atoms with Gasteiger partial charge >= 0.3 is 0 Å². The second-order valence-corrected chi connectivity index (χ2v) is 11.0. The summed E-state index contributed by atoms with van der Waals surface area (Å²) in [6.07, 6.45) is 5.54. The van der Waals surface area contributed by atoms with Crippen LogP contribution in [0.2, 0.25) is 0 Å². The van der Waals surface area contributed by atoms with E-state index in [0.29, 0.717) is 0 Å². The lowest BCUT2D eigenvalue weighted by Crippen LogP contribution is -3.00. The molecule has 0 spiro atoms. The summed E-state index contributed by atoms with van der Waals surface area (Å²) in [5.74, 6) is 0. The van der Waals surface area contributed by atoms with E-state index in [9.17, 15) is 0 Å². The van der Waals surface area contributed by atoms with Crippen molar-refractivity contribution in [3.8, 4) is 0 Å². The van der Waals surface area contributed by atoms with Gasteiger partial charge in [0.1, 0.15) is 0 Å². The molecule has 0 amide bonds. The summed E-state index contributed by atoms with van der Waals surface area (Å²) in [4.78, 5) is 0. The Kier molecular flexibility index (Phi) is 13.1. The number of halogens is 2. The zero-order chi connectivity index (χ0) is 16.3. The summed E-state index contributed by atoms with van der Waals surface area (Å²) in [7, 11) is -0.661. The Morgan fingerprint density at radius 2 is 1.09 bits per heavy atom. The van der Waals surface area contributed by atoms with Crippen LogP contribution < -0.4 is 17.0 Å². The highest BCUT2D eigenvalue weighted by Gasteiger charge is 2.30. The molecular weight excluding hydrogens is 431 g/mol. The first kappa shape index (κ1) is 22.8. The minimum absolute atomic E-state index is 0. The first-order chi connectivity index (χ1) is 10.7. The molecule has 0 fully saturated rings. The van der Waals surface area contributed by atoms with Crippen molar-refractivity contribution in [3.05, 3.63) is 71.8 Å². The van der Waals surface area contributed by atoms with Gasteiger partial charge in [-0.2, -0.15) is 0 Å². The molecule has 2 aromatic carbocycles. The Morgan fingerprint density at radius 3 is 1.39 bits per heavy atom. The molecule has 3 heteroatoms. The number of hydrogen-bond acceptors (Lipinski definition) is 0. The highest BCUT2D eigenvalue weighted by atomic mass is 79.9. The molecule has 0 aliphatic heterocycles. The van der Waals surface area contributed by atoms with Crippen molar-refractivity contribution in [3.63, 3.8) is 0 Å². The normalized spacial score (nSPS) is 10.3. The van der Waals surface area contributed by atoms with Gasteiger partial charge in [-0.3, -0.25) is 0 Å². The Balaban J connectivity index is 0.000000460. The molecule has 0 radical (unpaired) electrons. The zero-order valence-corrected chi connectivity index (χ0v) is 18.6. The zero-order valence-electron chi connectivity index (χ0n) is 14.5. The monoisotopic (exact) mass is 458 g/mol. The second kappa shape index (κ2) is 13.2. The van der Waals surface area contributed by atoms with Crippen molar-refractivity contribution in [1.29, 1.82) is 0 Å². The highest BCUT2D eigenvalue weighted by molar-refractivity contribution is 9.08. The van der Waals surface area contributed by atoms with Crippen molar-refractivity contribution in [1.82, 2.24) is 0 Å². The Morgan fingerprint density at radius 1 is 0.696 bits per heavy atom. The Hall–Kier alpha value is -0.170. The first-order valence-corrected chi connectivity index (χ1v) is 11.8. The van der Waals surface area contributed by atoms with Gasteiger partial charge in [-0.1, -0.05) is 76.6 Å². The molecule has 2 aromatic rings. The third kappa shape index (κ3) is 8.47. The maximum atomic E-state index is 3.36. The van der Waals surface area contributed by atoms with Crippen LogP contribution in [0.25, 0.3) is 0 Å². The molecule has 0 saturated carbocycles. The summed E-state index contributed by atoms with van der Waals surface area (Å²) >= 11 is 3.36. The fourth-order valence-corrected chi connectivity index (χ4v) is 5.92. The summed E-state index contributed by atoms with van der Waals surface area (Å²) < 4.78 is 0. The number of hydrogen-bond donors (Lipinski definition) is 0. The molecule has 128 valence electrons. The summed E-state index contributed by atoms with van der Waals surface area (Å²) in [6, 6.07) is 21.2. The van der Waals surface area contributed by atoms with Crippen LogP contribution in [-0.2, 0) is 11.5 Å². The minimum Gasteiger partial charge on any atom is -1.00 e. The van der Waals surface area contributed by atoms with E-state index < -0.39 is 7.26 Å². The third-order valence-corrected chi connectivity index (χ3v) is 10.1. The van der Waals surface area contributed by atoms with Crippen LogP contribution in [-0.4, -0.2) is 18.5 Å². The number of benzene rings is 2. The van der Waals surface area contributed by atoms with Gasteiger partial charge in [0.15, 0.2) is 0 Å². The van der Waals surface area contributed by atoms with Crippen LogP contribution in [0.5, 0.6) is 0 Å². The standard InChI is InChI=1S/C13H22P.C7H7Br.BrH/c1-4-14(5-2,6-3)12-13-10-8-7-9-11-13;8-6-7-4-2-1-3-5-7;/h7-11H,4-6,12H2,1-3H3;1-5H,6H2;1H/q+1;;/p-1. The molecule has 0 aliphatic rings. The molecule has 0 bridgehead atoms. The van der Waals surface area contributed by atoms with E-state index >= 15 is 0 Å². The van der Waals surface area contributed by atoms with E-state index in [2.05, 4.69) is 79.2 Å².